The maximum atomic E-state index is 8.90. The van der Waals surface area contributed by atoms with E-state index in [2.05, 4.69) is 19.6 Å². The zero-order valence-electron chi connectivity index (χ0n) is 6.17. The van der Waals surface area contributed by atoms with Crippen molar-refractivity contribution < 1.29 is 5.11 Å². The van der Waals surface area contributed by atoms with E-state index in [0.717, 1.165) is 19.3 Å². The van der Waals surface area contributed by atoms with Gasteiger partial charge in [0.15, 0.2) is 0 Å². The normalized spacial score (nSPS) is 17.3. The van der Waals surface area contributed by atoms with Crippen molar-refractivity contribution in [1.29, 1.82) is 0 Å². The van der Waals surface area contributed by atoms with Gasteiger partial charge in [0.05, 0.1) is 6.10 Å². The van der Waals surface area contributed by atoms with Crippen molar-refractivity contribution in [2.24, 2.45) is 0 Å². The molecule has 0 rings (SSSR count). The lowest BCUT2D eigenvalue weighted by Crippen LogP contribution is -2.09. The van der Waals surface area contributed by atoms with Crippen LogP contribution < -0.4 is 0 Å². The highest BCUT2D eigenvalue weighted by Gasteiger charge is 2.04. The summed E-state index contributed by atoms with van der Waals surface area (Å²) in [6.45, 7) is 3.93. The van der Waals surface area contributed by atoms with Crippen LogP contribution in [0.3, 0.4) is 0 Å². The molecule has 0 spiro atoms. The number of thiol groups is 1. The van der Waals surface area contributed by atoms with Crippen LogP contribution >= 0.6 is 12.6 Å². The second-order valence-electron chi connectivity index (χ2n) is 2.53. The first-order chi connectivity index (χ1) is 4.16. The summed E-state index contributed by atoms with van der Waals surface area (Å²) in [6, 6.07) is 0. The number of hydrogen-bond acceptors (Lipinski definition) is 2. The predicted molar refractivity (Wildman–Crippen MR) is 44.0 cm³/mol. The molecule has 1 nitrogen and oxygen atoms in total. The van der Waals surface area contributed by atoms with Crippen LogP contribution in [0.4, 0.5) is 0 Å². The molecule has 2 atom stereocenters. The van der Waals surface area contributed by atoms with Crippen LogP contribution in [0, 0.1) is 0 Å². The highest BCUT2D eigenvalue weighted by atomic mass is 32.1. The summed E-state index contributed by atoms with van der Waals surface area (Å²) >= 11 is 4.29. The van der Waals surface area contributed by atoms with Gasteiger partial charge in [0.1, 0.15) is 0 Å². The van der Waals surface area contributed by atoms with Crippen LogP contribution in [-0.2, 0) is 0 Å². The van der Waals surface area contributed by atoms with Crippen molar-refractivity contribution in [3.05, 3.63) is 0 Å². The number of aliphatic hydroxyl groups is 1. The summed E-state index contributed by atoms with van der Waals surface area (Å²) in [5.74, 6) is 0. The Kier molecular flexibility index (Phi) is 5.30. The Labute approximate surface area is 62.9 Å². The summed E-state index contributed by atoms with van der Waals surface area (Å²) < 4.78 is 0. The van der Waals surface area contributed by atoms with Gasteiger partial charge in [-0.3, -0.25) is 0 Å². The van der Waals surface area contributed by atoms with E-state index in [4.69, 9.17) is 5.11 Å². The first kappa shape index (κ1) is 9.31. The van der Waals surface area contributed by atoms with E-state index in [0.29, 0.717) is 5.25 Å². The number of aliphatic hydroxyl groups excluding tert-OH is 1. The Morgan fingerprint density at radius 2 is 2.11 bits per heavy atom. The summed E-state index contributed by atoms with van der Waals surface area (Å²) in [4.78, 5) is 0. The SMILES string of the molecule is CCC[C@H](S)C[C@@H](C)O. The Morgan fingerprint density at radius 1 is 1.56 bits per heavy atom. The molecule has 0 radical (unpaired) electrons. The first-order valence-corrected chi connectivity index (χ1v) is 4.04. The fraction of sp³-hybridized carbons (Fsp3) is 1.00. The van der Waals surface area contributed by atoms with E-state index in [1.807, 2.05) is 0 Å². The molecule has 0 aliphatic heterocycles. The zero-order chi connectivity index (χ0) is 7.28. The fourth-order valence-corrected chi connectivity index (χ4v) is 1.41. The molecule has 0 aromatic carbocycles. The summed E-state index contributed by atoms with van der Waals surface area (Å²) in [7, 11) is 0. The van der Waals surface area contributed by atoms with Gasteiger partial charge in [-0.05, 0) is 19.8 Å². The zero-order valence-corrected chi connectivity index (χ0v) is 7.06. The van der Waals surface area contributed by atoms with Crippen molar-refractivity contribution in [2.45, 2.75) is 44.5 Å². The molecule has 0 saturated heterocycles. The van der Waals surface area contributed by atoms with Crippen molar-refractivity contribution in [3.63, 3.8) is 0 Å². The van der Waals surface area contributed by atoms with E-state index in [9.17, 15) is 0 Å². The Bertz CT molecular complexity index is 63.9. The van der Waals surface area contributed by atoms with Crippen LogP contribution in [-0.4, -0.2) is 16.5 Å². The highest BCUT2D eigenvalue weighted by Crippen LogP contribution is 2.10. The number of rotatable bonds is 4. The van der Waals surface area contributed by atoms with Crippen molar-refractivity contribution >= 4 is 12.6 Å². The molecule has 0 amide bonds. The molecular weight excluding hydrogens is 132 g/mol. The maximum absolute atomic E-state index is 8.90. The van der Waals surface area contributed by atoms with Crippen molar-refractivity contribution in [2.75, 3.05) is 0 Å². The minimum absolute atomic E-state index is 0.195. The fourth-order valence-electron chi connectivity index (χ4n) is 0.845. The molecule has 0 fully saturated rings. The van der Waals surface area contributed by atoms with Crippen LogP contribution in [0.1, 0.15) is 33.1 Å². The van der Waals surface area contributed by atoms with Crippen LogP contribution in [0.25, 0.3) is 0 Å². The molecule has 0 aromatic heterocycles. The van der Waals surface area contributed by atoms with Gasteiger partial charge in [-0.2, -0.15) is 12.6 Å². The average Bonchev–Trinajstić information content (AvgIpc) is 1.63. The Hall–Kier alpha value is 0.310. The van der Waals surface area contributed by atoms with Crippen LogP contribution in [0.5, 0.6) is 0 Å². The van der Waals surface area contributed by atoms with Gasteiger partial charge in [0, 0.05) is 5.25 Å². The third kappa shape index (κ3) is 6.19. The van der Waals surface area contributed by atoms with E-state index >= 15 is 0 Å². The van der Waals surface area contributed by atoms with Gasteiger partial charge in [-0.25, -0.2) is 0 Å². The minimum Gasteiger partial charge on any atom is -0.393 e. The van der Waals surface area contributed by atoms with Crippen molar-refractivity contribution in [3.8, 4) is 0 Å². The maximum Gasteiger partial charge on any atom is 0.0522 e. The lowest BCUT2D eigenvalue weighted by atomic mass is 10.1. The summed E-state index contributed by atoms with van der Waals surface area (Å²) in [6.07, 6.45) is 2.88. The largest absolute Gasteiger partial charge is 0.393 e. The molecule has 1 N–H and O–H groups in total. The summed E-state index contributed by atoms with van der Waals surface area (Å²) in [5, 5.41) is 9.28. The average molecular weight is 148 g/mol. The lowest BCUT2D eigenvalue weighted by Gasteiger charge is -2.09. The third-order valence-electron chi connectivity index (χ3n) is 1.24. The van der Waals surface area contributed by atoms with Gasteiger partial charge in [0.25, 0.3) is 0 Å². The van der Waals surface area contributed by atoms with Gasteiger partial charge in [-0.15, -0.1) is 0 Å². The quantitative estimate of drug-likeness (QED) is 0.583. The third-order valence-corrected chi connectivity index (χ3v) is 1.70. The van der Waals surface area contributed by atoms with Crippen molar-refractivity contribution in [1.82, 2.24) is 0 Å². The lowest BCUT2D eigenvalue weighted by molar-refractivity contribution is 0.183. The Morgan fingerprint density at radius 3 is 2.44 bits per heavy atom. The molecule has 0 unspecified atom stereocenters. The second-order valence-corrected chi connectivity index (χ2v) is 3.26. The monoisotopic (exact) mass is 148 g/mol. The molecule has 2 heteroatoms. The van der Waals surface area contributed by atoms with E-state index in [1.54, 1.807) is 6.92 Å². The molecule has 0 aromatic rings. The molecule has 9 heavy (non-hydrogen) atoms. The standard InChI is InChI=1S/C7H16OS/c1-3-4-7(9)5-6(2)8/h6-9H,3-5H2,1-2H3/t6-,7+/m1/s1. The van der Waals surface area contributed by atoms with Crippen LogP contribution in [0.2, 0.25) is 0 Å². The van der Waals surface area contributed by atoms with Crippen LogP contribution in [0.15, 0.2) is 0 Å². The minimum atomic E-state index is -0.195. The molecule has 0 aliphatic rings. The second kappa shape index (κ2) is 5.12. The predicted octanol–water partition coefficient (Wildman–Crippen LogP) is 1.86. The molecule has 0 aliphatic carbocycles. The van der Waals surface area contributed by atoms with E-state index in [1.165, 1.54) is 0 Å². The van der Waals surface area contributed by atoms with Gasteiger partial charge >= 0.3 is 0 Å². The van der Waals surface area contributed by atoms with Gasteiger partial charge in [0.2, 0.25) is 0 Å². The van der Waals surface area contributed by atoms with Gasteiger partial charge < -0.3 is 5.11 Å². The summed E-state index contributed by atoms with van der Waals surface area (Å²) in [5.41, 5.74) is 0. The number of hydrogen-bond donors (Lipinski definition) is 2. The van der Waals surface area contributed by atoms with E-state index in [-0.39, 0.29) is 6.10 Å². The topological polar surface area (TPSA) is 20.2 Å². The molecule has 56 valence electrons. The molecule has 0 heterocycles. The van der Waals surface area contributed by atoms with E-state index < -0.39 is 0 Å². The highest BCUT2D eigenvalue weighted by molar-refractivity contribution is 7.80. The first-order valence-electron chi connectivity index (χ1n) is 3.53. The Balaban J connectivity index is 3.15. The molecule has 0 bridgehead atoms. The van der Waals surface area contributed by atoms with Gasteiger partial charge in [-0.1, -0.05) is 13.3 Å². The smallest absolute Gasteiger partial charge is 0.0522 e. The molecular formula is C7H16OS. The molecule has 0 saturated carbocycles.